The van der Waals surface area contributed by atoms with Crippen LogP contribution < -0.4 is 0 Å². The molecule has 2 rings (SSSR count). The SMILES string of the molecule is CC(=O)Cc1coc(C2CCS(=O)(=O)C2)n1. The summed E-state index contributed by atoms with van der Waals surface area (Å²) in [6, 6.07) is 0. The van der Waals surface area contributed by atoms with E-state index in [1.165, 1.54) is 13.2 Å². The quantitative estimate of drug-likeness (QED) is 0.781. The fourth-order valence-corrected chi connectivity index (χ4v) is 3.57. The van der Waals surface area contributed by atoms with Crippen molar-refractivity contribution in [2.45, 2.75) is 25.7 Å². The van der Waals surface area contributed by atoms with Crippen LogP contribution in [0, 0.1) is 0 Å². The summed E-state index contributed by atoms with van der Waals surface area (Å²) in [7, 11) is -2.92. The highest BCUT2D eigenvalue weighted by Gasteiger charge is 2.32. The Balaban J connectivity index is 2.11. The molecule has 0 amide bonds. The zero-order chi connectivity index (χ0) is 11.8. The summed E-state index contributed by atoms with van der Waals surface area (Å²) in [5.74, 6) is 0.608. The van der Waals surface area contributed by atoms with E-state index in [2.05, 4.69) is 4.98 Å². The lowest BCUT2D eigenvalue weighted by Gasteiger charge is -1.99. The largest absolute Gasteiger partial charge is 0.448 e. The van der Waals surface area contributed by atoms with Crippen molar-refractivity contribution in [1.82, 2.24) is 4.98 Å². The molecule has 2 heterocycles. The molecule has 5 nitrogen and oxygen atoms in total. The van der Waals surface area contributed by atoms with E-state index in [1.54, 1.807) is 0 Å². The zero-order valence-electron chi connectivity index (χ0n) is 8.97. The number of rotatable bonds is 3. The highest BCUT2D eigenvalue weighted by atomic mass is 32.2. The van der Waals surface area contributed by atoms with Crippen molar-refractivity contribution < 1.29 is 17.6 Å². The van der Waals surface area contributed by atoms with Crippen molar-refractivity contribution in [3.8, 4) is 0 Å². The van der Waals surface area contributed by atoms with Gasteiger partial charge in [-0.1, -0.05) is 0 Å². The molecule has 1 saturated heterocycles. The Morgan fingerprint density at radius 1 is 1.62 bits per heavy atom. The van der Waals surface area contributed by atoms with Gasteiger partial charge in [-0.2, -0.15) is 0 Å². The zero-order valence-corrected chi connectivity index (χ0v) is 9.79. The second-order valence-electron chi connectivity index (χ2n) is 4.16. The number of carbonyl (C=O) groups excluding carboxylic acids is 1. The van der Waals surface area contributed by atoms with Gasteiger partial charge >= 0.3 is 0 Å². The summed E-state index contributed by atoms with van der Waals surface area (Å²) in [4.78, 5) is 15.0. The third-order valence-corrected chi connectivity index (χ3v) is 4.35. The van der Waals surface area contributed by atoms with Gasteiger partial charge in [0.05, 0.1) is 29.5 Å². The lowest BCUT2D eigenvalue weighted by molar-refractivity contribution is -0.116. The maximum atomic E-state index is 11.3. The Hall–Kier alpha value is -1.17. The van der Waals surface area contributed by atoms with Crippen molar-refractivity contribution in [1.29, 1.82) is 0 Å². The summed E-state index contributed by atoms with van der Waals surface area (Å²) in [6.07, 6.45) is 2.23. The first-order valence-electron chi connectivity index (χ1n) is 5.10. The molecule has 1 fully saturated rings. The topological polar surface area (TPSA) is 77.2 Å². The average molecular weight is 243 g/mol. The molecule has 0 saturated carbocycles. The van der Waals surface area contributed by atoms with Crippen molar-refractivity contribution in [2.24, 2.45) is 0 Å². The van der Waals surface area contributed by atoms with E-state index >= 15 is 0 Å². The van der Waals surface area contributed by atoms with Crippen LogP contribution in [0.2, 0.25) is 0 Å². The predicted octanol–water partition coefficient (Wildman–Crippen LogP) is 0.708. The molecule has 0 spiro atoms. The molecule has 0 aliphatic carbocycles. The van der Waals surface area contributed by atoms with Crippen LogP contribution in [0.3, 0.4) is 0 Å². The summed E-state index contributed by atoms with van der Waals surface area (Å²) in [6.45, 7) is 1.48. The first kappa shape index (κ1) is 11.3. The van der Waals surface area contributed by atoms with Gasteiger partial charge in [0.25, 0.3) is 0 Å². The smallest absolute Gasteiger partial charge is 0.198 e. The van der Waals surface area contributed by atoms with Crippen LogP contribution in [0.5, 0.6) is 0 Å². The Kier molecular flexibility index (Phi) is 2.84. The minimum absolute atomic E-state index is 0.0129. The number of sulfone groups is 1. The van der Waals surface area contributed by atoms with Crippen LogP contribution in [0.4, 0.5) is 0 Å². The van der Waals surface area contributed by atoms with Gasteiger partial charge in [0.15, 0.2) is 15.7 Å². The van der Waals surface area contributed by atoms with Crippen LogP contribution in [0.1, 0.15) is 30.8 Å². The molecule has 88 valence electrons. The van der Waals surface area contributed by atoms with Gasteiger partial charge in [0.1, 0.15) is 12.0 Å². The fraction of sp³-hybridized carbons (Fsp3) is 0.600. The van der Waals surface area contributed by atoms with Crippen LogP contribution >= 0.6 is 0 Å². The van der Waals surface area contributed by atoms with Gasteiger partial charge in [0.2, 0.25) is 0 Å². The first-order chi connectivity index (χ1) is 7.46. The van der Waals surface area contributed by atoms with Crippen molar-refractivity contribution >= 4 is 15.6 Å². The number of hydrogen-bond acceptors (Lipinski definition) is 5. The van der Waals surface area contributed by atoms with E-state index in [4.69, 9.17) is 4.42 Å². The second kappa shape index (κ2) is 4.01. The van der Waals surface area contributed by atoms with Crippen LogP contribution in [-0.4, -0.2) is 30.7 Å². The van der Waals surface area contributed by atoms with Gasteiger partial charge in [-0.25, -0.2) is 13.4 Å². The molecule has 1 unspecified atom stereocenters. The average Bonchev–Trinajstić information content (AvgIpc) is 2.71. The van der Waals surface area contributed by atoms with E-state index in [0.717, 1.165) is 0 Å². The fourth-order valence-electron chi connectivity index (χ4n) is 1.84. The molecule has 1 atom stereocenters. The van der Waals surface area contributed by atoms with E-state index in [1.807, 2.05) is 0 Å². The van der Waals surface area contributed by atoms with E-state index in [9.17, 15) is 13.2 Å². The summed E-state index contributed by atoms with van der Waals surface area (Å²) in [5, 5.41) is 0. The third kappa shape index (κ3) is 2.49. The van der Waals surface area contributed by atoms with Gasteiger partial charge in [-0.05, 0) is 13.3 Å². The molecule has 16 heavy (non-hydrogen) atoms. The Labute approximate surface area is 93.8 Å². The van der Waals surface area contributed by atoms with Gasteiger partial charge in [-0.3, -0.25) is 4.79 Å². The molecule has 6 heteroatoms. The second-order valence-corrected chi connectivity index (χ2v) is 6.38. The molecule has 1 aromatic heterocycles. The molecule has 1 aliphatic heterocycles. The maximum absolute atomic E-state index is 11.3. The van der Waals surface area contributed by atoms with Crippen molar-refractivity contribution in [2.75, 3.05) is 11.5 Å². The van der Waals surface area contributed by atoms with Crippen molar-refractivity contribution in [3.05, 3.63) is 17.8 Å². The molecular weight excluding hydrogens is 230 g/mol. The van der Waals surface area contributed by atoms with E-state index in [-0.39, 0.29) is 29.6 Å². The number of Topliss-reactive ketones (excluding diaryl/α,β-unsaturated/α-hetero) is 1. The molecule has 0 N–H and O–H groups in total. The Bertz CT molecular complexity index is 503. The van der Waals surface area contributed by atoms with Gasteiger partial charge in [0, 0.05) is 0 Å². The molecule has 1 aromatic rings. The van der Waals surface area contributed by atoms with Crippen molar-refractivity contribution in [3.63, 3.8) is 0 Å². The Morgan fingerprint density at radius 2 is 2.38 bits per heavy atom. The predicted molar refractivity (Wildman–Crippen MR) is 56.9 cm³/mol. The molecule has 1 aliphatic rings. The number of carbonyl (C=O) groups is 1. The summed E-state index contributed by atoms with van der Waals surface area (Å²) < 4.78 is 27.8. The number of nitrogens with zero attached hydrogens (tertiary/aromatic N) is 1. The summed E-state index contributed by atoms with van der Waals surface area (Å²) in [5.41, 5.74) is 0.576. The maximum Gasteiger partial charge on any atom is 0.198 e. The molecule has 0 radical (unpaired) electrons. The van der Waals surface area contributed by atoms with Gasteiger partial charge < -0.3 is 4.42 Å². The third-order valence-electron chi connectivity index (χ3n) is 2.58. The number of oxazole rings is 1. The minimum Gasteiger partial charge on any atom is -0.448 e. The summed E-state index contributed by atoms with van der Waals surface area (Å²) >= 11 is 0. The highest BCUT2D eigenvalue weighted by molar-refractivity contribution is 7.91. The van der Waals surface area contributed by atoms with E-state index in [0.29, 0.717) is 18.0 Å². The Morgan fingerprint density at radius 3 is 2.94 bits per heavy atom. The normalized spacial score (nSPS) is 23.4. The lowest BCUT2D eigenvalue weighted by atomic mass is 10.1. The van der Waals surface area contributed by atoms with Gasteiger partial charge in [-0.15, -0.1) is 0 Å². The van der Waals surface area contributed by atoms with Crippen LogP contribution in [0.15, 0.2) is 10.7 Å². The minimum atomic E-state index is -2.92. The number of aromatic nitrogens is 1. The molecule has 0 bridgehead atoms. The monoisotopic (exact) mass is 243 g/mol. The first-order valence-corrected chi connectivity index (χ1v) is 6.92. The lowest BCUT2D eigenvalue weighted by Crippen LogP contribution is -2.04. The number of ketones is 1. The highest BCUT2D eigenvalue weighted by Crippen LogP contribution is 2.28. The molecule has 0 aromatic carbocycles. The van der Waals surface area contributed by atoms with E-state index < -0.39 is 9.84 Å². The standard InChI is InChI=1S/C10H13NO4S/c1-7(12)4-9-5-15-10(11-9)8-2-3-16(13,14)6-8/h5,8H,2-4,6H2,1H3. The number of hydrogen-bond donors (Lipinski definition) is 0. The van der Waals surface area contributed by atoms with Crippen LogP contribution in [0.25, 0.3) is 0 Å². The molecular formula is C10H13NO4S. The van der Waals surface area contributed by atoms with Crippen LogP contribution in [-0.2, 0) is 21.1 Å².